The number of esters is 1. The molecule has 1 aliphatic rings. The zero-order valence-corrected chi connectivity index (χ0v) is 15.3. The number of hydrogen-bond donors (Lipinski definition) is 1. The van der Waals surface area contributed by atoms with E-state index in [2.05, 4.69) is 5.32 Å². The Kier molecular flexibility index (Phi) is 6.18. The number of nitrogens with zero attached hydrogens (tertiary/aromatic N) is 1. The van der Waals surface area contributed by atoms with E-state index in [9.17, 15) is 9.59 Å². The highest BCUT2D eigenvalue weighted by Gasteiger charge is 2.29. The van der Waals surface area contributed by atoms with Crippen LogP contribution in [0.5, 0.6) is 0 Å². The second-order valence-electron chi connectivity index (χ2n) is 6.30. The minimum Gasteiger partial charge on any atom is -0.464 e. The van der Waals surface area contributed by atoms with Crippen molar-refractivity contribution in [1.82, 2.24) is 9.88 Å². The van der Waals surface area contributed by atoms with Crippen LogP contribution in [0.1, 0.15) is 58.8 Å². The molecule has 2 atom stereocenters. The first kappa shape index (κ1) is 18.7. The van der Waals surface area contributed by atoms with E-state index in [0.717, 1.165) is 25.1 Å². The predicted octanol–water partition coefficient (Wildman–Crippen LogP) is 2.25. The molecule has 6 nitrogen and oxygen atoms in total. The Labute approximate surface area is 143 Å². The second-order valence-corrected chi connectivity index (χ2v) is 6.30. The summed E-state index contributed by atoms with van der Waals surface area (Å²) < 4.78 is 12.3. The molecule has 24 heavy (non-hydrogen) atoms. The highest BCUT2D eigenvalue weighted by molar-refractivity contribution is 6.05. The summed E-state index contributed by atoms with van der Waals surface area (Å²) in [6.45, 7) is 9.58. The first-order chi connectivity index (χ1) is 11.4. The monoisotopic (exact) mass is 336 g/mol. The largest absolute Gasteiger partial charge is 0.464 e. The number of Topliss-reactive ketones (excluding diaryl/α,β-unsaturated/α-hetero) is 1. The lowest BCUT2D eigenvalue weighted by molar-refractivity contribution is 0.0587. The smallest absolute Gasteiger partial charge is 0.354 e. The van der Waals surface area contributed by atoms with Gasteiger partial charge in [0.05, 0.1) is 19.3 Å². The molecule has 0 saturated carbocycles. The van der Waals surface area contributed by atoms with Crippen molar-refractivity contribution in [1.29, 1.82) is 0 Å². The first-order valence-corrected chi connectivity index (χ1v) is 8.59. The van der Waals surface area contributed by atoms with E-state index in [1.165, 1.54) is 7.11 Å². The number of ketones is 1. The standard InChI is InChI=1S/C18H28N2O4/c1-6-20-13(4)15(11(2)16(20)18(22)23-5)17(21)12(3)19-10-14-8-7-9-24-14/h12,14,19H,6-10H2,1-5H3. The number of aromatic nitrogens is 1. The predicted molar refractivity (Wildman–Crippen MR) is 91.7 cm³/mol. The molecule has 0 spiro atoms. The Morgan fingerprint density at radius 2 is 2.12 bits per heavy atom. The van der Waals surface area contributed by atoms with Gasteiger partial charge in [0.1, 0.15) is 5.69 Å². The van der Waals surface area contributed by atoms with Gasteiger partial charge in [0.2, 0.25) is 0 Å². The van der Waals surface area contributed by atoms with Gasteiger partial charge >= 0.3 is 5.97 Å². The van der Waals surface area contributed by atoms with Gasteiger partial charge in [-0.1, -0.05) is 0 Å². The molecule has 1 fully saturated rings. The average Bonchev–Trinajstić information content (AvgIpc) is 3.17. The third-order valence-electron chi connectivity index (χ3n) is 4.78. The van der Waals surface area contributed by atoms with Crippen LogP contribution < -0.4 is 5.32 Å². The Morgan fingerprint density at radius 3 is 2.67 bits per heavy atom. The third kappa shape index (κ3) is 3.54. The van der Waals surface area contributed by atoms with Gasteiger partial charge in [0, 0.05) is 31.0 Å². The molecule has 6 heteroatoms. The molecule has 0 aromatic carbocycles. The number of nitrogens with one attached hydrogen (secondary N) is 1. The summed E-state index contributed by atoms with van der Waals surface area (Å²) in [5, 5.41) is 3.27. The van der Waals surface area contributed by atoms with Gasteiger partial charge in [-0.15, -0.1) is 0 Å². The van der Waals surface area contributed by atoms with Crippen molar-refractivity contribution in [2.75, 3.05) is 20.3 Å². The number of methoxy groups -OCH3 is 1. The van der Waals surface area contributed by atoms with Crippen molar-refractivity contribution in [3.63, 3.8) is 0 Å². The molecular formula is C18H28N2O4. The Bertz CT molecular complexity index is 615. The Hall–Kier alpha value is -1.66. The average molecular weight is 336 g/mol. The fourth-order valence-electron chi connectivity index (χ4n) is 3.44. The highest BCUT2D eigenvalue weighted by Crippen LogP contribution is 2.24. The van der Waals surface area contributed by atoms with Crippen molar-refractivity contribution in [2.45, 2.75) is 59.2 Å². The van der Waals surface area contributed by atoms with Crippen LogP contribution in [-0.2, 0) is 16.0 Å². The maximum Gasteiger partial charge on any atom is 0.354 e. The Balaban J connectivity index is 2.21. The zero-order valence-electron chi connectivity index (χ0n) is 15.3. The van der Waals surface area contributed by atoms with Gasteiger partial charge < -0.3 is 19.4 Å². The van der Waals surface area contributed by atoms with Gasteiger partial charge in [0.25, 0.3) is 0 Å². The molecule has 0 aliphatic carbocycles. The number of ether oxygens (including phenoxy) is 2. The minimum atomic E-state index is -0.406. The molecule has 2 rings (SSSR count). The first-order valence-electron chi connectivity index (χ1n) is 8.59. The molecule has 1 aromatic rings. The highest BCUT2D eigenvalue weighted by atomic mass is 16.5. The summed E-state index contributed by atoms with van der Waals surface area (Å²) >= 11 is 0. The second kappa shape index (κ2) is 7.94. The number of carbonyl (C=O) groups is 2. The van der Waals surface area contributed by atoms with Crippen LogP contribution in [0.15, 0.2) is 0 Å². The molecule has 1 N–H and O–H groups in total. The lowest BCUT2D eigenvalue weighted by Crippen LogP contribution is -2.39. The minimum absolute atomic E-state index is 0.000324. The van der Waals surface area contributed by atoms with E-state index in [1.807, 2.05) is 32.3 Å². The molecule has 1 aliphatic heterocycles. The maximum atomic E-state index is 12.9. The summed E-state index contributed by atoms with van der Waals surface area (Å²) in [5.41, 5.74) is 2.58. The molecule has 0 radical (unpaired) electrons. The molecule has 1 aromatic heterocycles. The van der Waals surface area contributed by atoms with E-state index in [1.54, 1.807) is 0 Å². The summed E-state index contributed by atoms with van der Waals surface area (Å²) in [6, 6.07) is -0.329. The van der Waals surface area contributed by atoms with Gasteiger partial charge in [-0.25, -0.2) is 4.79 Å². The number of hydrogen-bond acceptors (Lipinski definition) is 5. The van der Waals surface area contributed by atoms with Crippen molar-refractivity contribution in [2.24, 2.45) is 0 Å². The van der Waals surface area contributed by atoms with E-state index in [0.29, 0.717) is 29.9 Å². The van der Waals surface area contributed by atoms with Crippen LogP contribution >= 0.6 is 0 Å². The van der Waals surface area contributed by atoms with Gasteiger partial charge in [-0.3, -0.25) is 4.79 Å². The summed E-state index contributed by atoms with van der Waals surface area (Å²) in [5.74, 6) is -0.406. The van der Waals surface area contributed by atoms with Crippen LogP contribution in [0.3, 0.4) is 0 Å². The quantitative estimate of drug-likeness (QED) is 0.611. The summed E-state index contributed by atoms with van der Waals surface area (Å²) in [7, 11) is 1.36. The van der Waals surface area contributed by atoms with Gasteiger partial charge in [0.15, 0.2) is 5.78 Å². The van der Waals surface area contributed by atoms with Crippen molar-refractivity contribution < 1.29 is 19.1 Å². The number of rotatable bonds is 7. The summed E-state index contributed by atoms with van der Waals surface area (Å²) in [6.07, 6.45) is 2.30. The normalized spacial score (nSPS) is 18.6. The van der Waals surface area contributed by atoms with Crippen molar-refractivity contribution >= 4 is 11.8 Å². The summed E-state index contributed by atoms with van der Waals surface area (Å²) in [4.78, 5) is 25.0. The fourth-order valence-corrected chi connectivity index (χ4v) is 3.44. The van der Waals surface area contributed by atoms with Gasteiger partial charge in [-0.05, 0) is 46.1 Å². The zero-order chi connectivity index (χ0) is 17.9. The maximum absolute atomic E-state index is 12.9. The number of carbonyl (C=O) groups excluding carboxylic acids is 2. The van der Waals surface area contributed by atoms with Crippen LogP contribution in [0.2, 0.25) is 0 Å². The van der Waals surface area contributed by atoms with E-state index in [-0.39, 0.29) is 17.9 Å². The topological polar surface area (TPSA) is 69.6 Å². The van der Waals surface area contributed by atoms with Crippen LogP contribution in [0, 0.1) is 13.8 Å². The molecular weight excluding hydrogens is 308 g/mol. The molecule has 134 valence electrons. The van der Waals surface area contributed by atoms with E-state index < -0.39 is 5.97 Å². The lowest BCUT2D eigenvalue weighted by atomic mass is 10.0. The van der Waals surface area contributed by atoms with Crippen molar-refractivity contribution in [3.05, 3.63) is 22.5 Å². The van der Waals surface area contributed by atoms with Crippen molar-refractivity contribution in [3.8, 4) is 0 Å². The van der Waals surface area contributed by atoms with Crippen LogP contribution in [-0.4, -0.2) is 48.7 Å². The lowest BCUT2D eigenvalue weighted by Gasteiger charge is -2.16. The molecule has 0 amide bonds. The van der Waals surface area contributed by atoms with E-state index in [4.69, 9.17) is 9.47 Å². The van der Waals surface area contributed by atoms with E-state index >= 15 is 0 Å². The SMILES string of the molecule is CCn1c(C)c(C(=O)C(C)NCC2CCCO2)c(C)c1C(=O)OC. The van der Waals surface area contributed by atoms with Crippen LogP contribution in [0.4, 0.5) is 0 Å². The molecule has 1 saturated heterocycles. The molecule has 2 unspecified atom stereocenters. The van der Waals surface area contributed by atoms with Gasteiger partial charge in [-0.2, -0.15) is 0 Å². The van der Waals surface area contributed by atoms with Crippen LogP contribution in [0.25, 0.3) is 0 Å². The Morgan fingerprint density at radius 1 is 1.42 bits per heavy atom. The molecule has 2 heterocycles. The third-order valence-corrected chi connectivity index (χ3v) is 4.78. The fraction of sp³-hybridized carbons (Fsp3) is 0.667. The molecule has 0 bridgehead atoms.